The second-order valence-electron chi connectivity index (χ2n) is 5.55. The summed E-state index contributed by atoms with van der Waals surface area (Å²) in [5.41, 5.74) is 4.11. The van der Waals surface area contributed by atoms with Crippen LogP contribution in [0.25, 0.3) is 0 Å². The first-order chi connectivity index (χ1) is 8.28. The van der Waals surface area contributed by atoms with E-state index in [1.807, 2.05) is 0 Å². The minimum atomic E-state index is 0.711. The van der Waals surface area contributed by atoms with Crippen molar-refractivity contribution in [2.75, 3.05) is 23.3 Å². The Morgan fingerprint density at radius 1 is 1.41 bits per heavy atom. The molecule has 2 nitrogen and oxygen atoms in total. The number of aryl methyl sites for hydroxylation is 1. The number of anilines is 2. The van der Waals surface area contributed by atoms with E-state index in [0.717, 1.165) is 12.5 Å². The van der Waals surface area contributed by atoms with Crippen molar-refractivity contribution < 1.29 is 0 Å². The molecule has 2 heterocycles. The van der Waals surface area contributed by atoms with Gasteiger partial charge in [0.2, 0.25) is 0 Å². The fourth-order valence-corrected chi connectivity index (χ4v) is 3.27. The Morgan fingerprint density at radius 3 is 3.12 bits per heavy atom. The molecule has 0 aliphatic carbocycles. The third-order valence-corrected chi connectivity index (χ3v) is 4.39. The van der Waals surface area contributed by atoms with Gasteiger partial charge in [0, 0.05) is 19.1 Å². The maximum atomic E-state index is 3.59. The molecule has 2 heteroatoms. The minimum Gasteiger partial charge on any atom is -0.381 e. The molecular weight excluding hydrogens is 208 g/mol. The molecule has 3 rings (SSSR count). The van der Waals surface area contributed by atoms with Gasteiger partial charge in [0.1, 0.15) is 0 Å². The standard InChI is InChI=1S/C15H22N2/c1-3-12-6-7-17-13(9-12)10-16-14-5-4-11(2)8-15(14)17/h4-5,8,12-13,16H,3,6-7,9-10H2,1-2H3. The highest BCUT2D eigenvalue weighted by atomic mass is 15.2. The summed E-state index contributed by atoms with van der Waals surface area (Å²) in [5, 5.41) is 3.59. The summed E-state index contributed by atoms with van der Waals surface area (Å²) in [6, 6.07) is 7.47. The summed E-state index contributed by atoms with van der Waals surface area (Å²) < 4.78 is 0. The molecule has 0 saturated carbocycles. The van der Waals surface area contributed by atoms with Gasteiger partial charge in [-0.15, -0.1) is 0 Å². The van der Waals surface area contributed by atoms with Crippen molar-refractivity contribution in [3.05, 3.63) is 23.8 Å². The fourth-order valence-electron chi connectivity index (χ4n) is 3.27. The average molecular weight is 230 g/mol. The molecule has 17 heavy (non-hydrogen) atoms. The molecule has 0 aromatic heterocycles. The molecule has 0 bridgehead atoms. The summed E-state index contributed by atoms with van der Waals surface area (Å²) in [6.07, 6.45) is 4.06. The summed E-state index contributed by atoms with van der Waals surface area (Å²) in [5.74, 6) is 0.935. The summed E-state index contributed by atoms with van der Waals surface area (Å²) in [4.78, 5) is 2.63. The first-order valence-electron chi connectivity index (χ1n) is 6.89. The van der Waals surface area contributed by atoms with E-state index in [-0.39, 0.29) is 0 Å². The molecule has 0 radical (unpaired) electrons. The number of nitrogens with zero attached hydrogens (tertiary/aromatic N) is 1. The van der Waals surface area contributed by atoms with Crippen molar-refractivity contribution in [3.8, 4) is 0 Å². The van der Waals surface area contributed by atoms with E-state index in [0.29, 0.717) is 6.04 Å². The van der Waals surface area contributed by atoms with Crippen molar-refractivity contribution in [1.82, 2.24) is 0 Å². The van der Waals surface area contributed by atoms with Crippen LogP contribution in [0.3, 0.4) is 0 Å². The average Bonchev–Trinajstić information content (AvgIpc) is 2.37. The lowest BCUT2D eigenvalue weighted by Gasteiger charge is -2.45. The van der Waals surface area contributed by atoms with Crippen LogP contribution < -0.4 is 10.2 Å². The van der Waals surface area contributed by atoms with Crippen LogP contribution in [0.5, 0.6) is 0 Å². The fraction of sp³-hybridized carbons (Fsp3) is 0.600. The summed E-state index contributed by atoms with van der Waals surface area (Å²) in [6.45, 7) is 6.87. The normalized spacial score (nSPS) is 27.1. The van der Waals surface area contributed by atoms with Crippen molar-refractivity contribution >= 4 is 11.4 Å². The number of fused-ring (bicyclic) bond motifs is 3. The van der Waals surface area contributed by atoms with Gasteiger partial charge in [-0.2, -0.15) is 0 Å². The maximum absolute atomic E-state index is 3.59. The van der Waals surface area contributed by atoms with Gasteiger partial charge in [0.15, 0.2) is 0 Å². The molecule has 2 aliphatic heterocycles. The molecule has 2 atom stereocenters. The zero-order valence-electron chi connectivity index (χ0n) is 10.9. The molecule has 1 fully saturated rings. The number of hydrogen-bond acceptors (Lipinski definition) is 2. The van der Waals surface area contributed by atoms with Gasteiger partial charge in [-0.1, -0.05) is 19.4 Å². The molecule has 1 N–H and O–H groups in total. The highest BCUT2D eigenvalue weighted by molar-refractivity contribution is 5.73. The maximum Gasteiger partial charge on any atom is 0.0607 e. The van der Waals surface area contributed by atoms with Crippen molar-refractivity contribution in [2.24, 2.45) is 5.92 Å². The van der Waals surface area contributed by atoms with Crippen LogP contribution in [0.2, 0.25) is 0 Å². The summed E-state index contributed by atoms with van der Waals surface area (Å²) >= 11 is 0. The van der Waals surface area contributed by atoms with Crippen LogP contribution >= 0.6 is 0 Å². The predicted molar refractivity (Wildman–Crippen MR) is 73.8 cm³/mol. The van der Waals surface area contributed by atoms with E-state index in [1.54, 1.807) is 0 Å². The van der Waals surface area contributed by atoms with Crippen molar-refractivity contribution in [2.45, 2.75) is 39.2 Å². The second-order valence-corrected chi connectivity index (χ2v) is 5.55. The lowest BCUT2D eigenvalue weighted by Crippen LogP contribution is -2.49. The van der Waals surface area contributed by atoms with E-state index in [1.165, 1.54) is 42.7 Å². The van der Waals surface area contributed by atoms with Crippen molar-refractivity contribution in [3.63, 3.8) is 0 Å². The zero-order chi connectivity index (χ0) is 11.8. The van der Waals surface area contributed by atoms with Crippen LogP contribution in [0.4, 0.5) is 11.4 Å². The Hall–Kier alpha value is -1.18. The Morgan fingerprint density at radius 2 is 2.29 bits per heavy atom. The van der Waals surface area contributed by atoms with Gasteiger partial charge in [-0.3, -0.25) is 0 Å². The van der Waals surface area contributed by atoms with Crippen LogP contribution in [-0.2, 0) is 0 Å². The monoisotopic (exact) mass is 230 g/mol. The number of nitrogens with one attached hydrogen (secondary N) is 1. The quantitative estimate of drug-likeness (QED) is 0.795. The molecule has 1 aromatic carbocycles. The van der Waals surface area contributed by atoms with Crippen LogP contribution in [0.1, 0.15) is 31.7 Å². The van der Waals surface area contributed by atoms with Gasteiger partial charge >= 0.3 is 0 Å². The lowest BCUT2D eigenvalue weighted by atomic mass is 9.87. The Labute approximate surface area is 104 Å². The molecule has 92 valence electrons. The zero-order valence-corrected chi connectivity index (χ0v) is 10.9. The number of hydrogen-bond donors (Lipinski definition) is 1. The van der Waals surface area contributed by atoms with E-state index < -0.39 is 0 Å². The van der Waals surface area contributed by atoms with Crippen LogP contribution in [0.15, 0.2) is 18.2 Å². The molecule has 2 unspecified atom stereocenters. The van der Waals surface area contributed by atoms with E-state index in [9.17, 15) is 0 Å². The minimum absolute atomic E-state index is 0.711. The van der Waals surface area contributed by atoms with E-state index in [4.69, 9.17) is 0 Å². The van der Waals surface area contributed by atoms with Crippen LogP contribution in [-0.4, -0.2) is 19.1 Å². The van der Waals surface area contributed by atoms with Gasteiger partial charge in [-0.05, 0) is 43.4 Å². The van der Waals surface area contributed by atoms with E-state index in [2.05, 4.69) is 42.3 Å². The predicted octanol–water partition coefficient (Wildman–Crippen LogP) is 3.42. The third-order valence-electron chi connectivity index (χ3n) is 4.39. The molecule has 0 amide bonds. The number of piperidine rings is 1. The first-order valence-corrected chi connectivity index (χ1v) is 6.89. The van der Waals surface area contributed by atoms with Gasteiger partial charge in [0.25, 0.3) is 0 Å². The topological polar surface area (TPSA) is 15.3 Å². The lowest BCUT2D eigenvalue weighted by molar-refractivity contribution is 0.336. The first kappa shape index (κ1) is 10.9. The summed E-state index contributed by atoms with van der Waals surface area (Å²) in [7, 11) is 0. The third kappa shape index (κ3) is 1.90. The Balaban J connectivity index is 1.89. The van der Waals surface area contributed by atoms with Gasteiger partial charge in [-0.25, -0.2) is 0 Å². The number of rotatable bonds is 1. The largest absolute Gasteiger partial charge is 0.381 e. The molecule has 1 aromatic rings. The SMILES string of the molecule is CCC1CCN2c3cc(C)ccc3NCC2C1. The van der Waals surface area contributed by atoms with Crippen molar-refractivity contribution in [1.29, 1.82) is 0 Å². The molecule has 0 spiro atoms. The molecular formula is C15H22N2. The number of benzene rings is 1. The molecule has 1 saturated heterocycles. The van der Waals surface area contributed by atoms with Gasteiger partial charge in [0.05, 0.1) is 11.4 Å². The highest BCUT2D eigenvalue weighted by Crippen LogP contribution is 2.37. The Kier molecular flexibility index (Phi) is 2.73. The second kappa shape index (κ2) is 4.25. The van der Waals surface area contributed by atoms with Gasteiger partial charge < -0.3 is 10.2 Å². The van der Waals surface area contributed by atoms with Crippen LogP contribution in [0, 0.1) is 12.8 Å². The highest BCUT2D eigenvalue weighted by Gasteiger charge is 2.31. The molecule has 2 aliphatic rings. The van der Waals surface area contributed by atoms with E-state index >= 15 is 0 Å². The Bertz CT molecular complexity index is 413. The smallest absolute Gasteiger partial charge is 0.0607 e.